The maximum absolute atomic E-state index is 13.7. The van der Waals surface area contributed by atoms with Crippen LogP contribution < -0.4 is 5.32 Å². The smallest absolute Gasteiger partial charge is 0.256 e. The highest BCUT2D eigenvalue weighted by Gasteiger charge is 2.13. The van der Waals surface area contributed by atoms with E-state index < -0.39 is 5.91 Å². The molecule has 104 valence electrons. The van der Waals surface area contributed by atoms with Crippen LogP contribution in [0.5, 0.6) is 5.75 Å². The molecule has 0 spiro atoms. The van der Waals surface area contributed by atoms with E-state index in [1.807, 2.05) is 0 Å². The summed E-state index contributed by atoms with van der Waals surface area (Å²) in [6, 6.07) is 15.9. The molecule has 3 aromatic carbocycles. The molecule has 0 saturated carbocycles. The number of amides is 1. The lowest BCUT2D eigenvalue weighted by Crippen LogP contribution is -2.12. The first-order valence-corrected chi connectivity index (χ1v) is 6.43. The minimum absolute atomic E-state index is 0.0164. The zero-order valence-electron chi connectivity index (χ0n) is 11.0. The minimum Gasteiger partial charge on any atom is -0.506 e. The SMILES string of the molecule is O=C(Nc1ccccc1O)c1ccc(F)c2ccccc12. The number of carbonyl (C=O) groups excluding carboxylic acids is 1. The molecule has 0 atom stereocenters. The average Bonchev–Trinajstić information content (AvgIpc) is 2.50. The van der Waals surface area contributed by atoms with Crippen LogP contribution in [0.1, 0.15) is 10.4 Å². The topological polar surface area (TPSA) is 49.3 Å². The predicted octanol–water partition coefficient (Wildman–Crippen LogP) is 3.94. The van der Waals surface area contributed by atoms with Crippen molar-refractivity contribution in [1.82, 2.24) is 0 Å². The average molecular weight is 281 g/mol. The maximum atomic E-state index is 13.7. The van der Waals surface area contributed by atoms with Gasteiger partial charge in [-0.3, -0.25) is 4.79 Å². The van der Waals surface area contributed by atoms with Gasteiger partial charge >= 0.3 is 0 Å². The lowest BCUT2D eigenvalue weighted by molar-refractivity contribution is 0.102. The van der Waals surface area contributed by atoms with Crippen LogP contribution in [0.3, 0.4) is 0 Å². The Morgan fingerprint density at radius 2 is 1.57 bits per heavy atom. The molecule has 3 rings (SSSR count). The molecule has 0 heterocycles. The Morgan fingerprint density at radius 3 is 2.33 bits per heavy atom. The van der Waals surface area contributed by atoms with E-state index in [0.29, 0.717) is 22.0 Å². The molecule has 21 heavy (non-hydrogen) atoms. The Balaban J connectivity index is 2.03. The number of benzene rings is 3. The van der Waals surface area contributed by atoms with E-state index in [4.69, 9.17) is 0 Å². The fourth-order valence-corrected chi connectivity index (χ4v) is 2.23. The van der Waals surface area contributed by atoms with E-state index in [-0.39, 0.29) is 11.6 Å². The Labute approximate surface area is 120 Å². The van der Waals surface area contributed by atoms with Crippen LogP contribution >= 0.6 is 0 Å². The molecule has 4 heteroatoms. The van der Waals surface area contributed by atoms with E-state index in [0.717, 1.165) is 0 Å². The number of halogens is 1. The highest BCUT2D eigenvalue weighted by atomic mass is 19.1. The summed E-state index contributed by atoms with van der Waals surface area (Å²) in [4.78, 5) is 12.3. The van der Waals surface area contributed by atoms with Gasteiger partial charge in [-0.25, -0.2) is 4.39 Å². The summed E-state index contributed by atoms with van der Waals surface area (Å²) < 4.78 is 13.7. The first-order valence-electron chi connectivity index (χ1n) is 6.43. The summed E-state index contributed by atoms with van der Waals surface area (Å²) in [5.41, 5.74) is 0.672. The van der Waals surface area contributed by atoms with Crippen molar-refractivity contribution < 1.29 is 14.3 Å². The molecule has 0 bridgehead atoms. The Morgan fingerprint density at radius 1 is 0.905 bits per heavy atom. The first-order chi connectivity index (χ1) is 10.2. The predicted molar refractivity (Wildman–Crippen MR) is 80.0 cm³/mol. The van der Waals surface area contributed by atoms with Crippen LogP contribution in [0.15, 0.2) is 60.7 Å². The number of fused-ring (bicyclic) bond motifs is 1. The van der Waals surface area contributed by atoms with Crippen LogP contribution in [0, 0.1) is 5.82 Å². The highest BCUT2D eigenvalue weighted by molar-refractivity contribution is 6.13. The zero-order valence-corrected chi connectivity index (χ0v) is 11.0. The van der Waals surface area contributed by atoms with Crippen molar-refractivity contribution in [2.24, 2.45) is 0 Å². The molecule has 0 aliphatic carbocycles. The van der Waals surface area contributed by atoms with Gasteiger partial charge in [0, 0.05) is 10.9 Å². The van der Waals surface area contributed by atoms with E-state index in [1.165, 1.54) is 18.2 Å². The monoisotopic (exact) mass is 281 g/mol. The third-order valence-corrected chi connectivity index (χ3v) is 3.27. The second kappa shape index (κ2) is 5.25. The van der Waals surface area contributed by atoms with E-state index in [9.17, 15) is 14.3 Å². The normalized spacial score (nSPS) is 10.5. The molecule has 0 radical (unpaired) electrons. The van der Waals surface area contributed by atoms with Crippen molar-refractivity contribution in [1.29, 1.82) is 0 Å². The minimum atomic E-state index is -0.396. The van der Waals surface area contributed by atoms with Crippen LogP contribution in [0.25, 0.3) is 10.8 Å². The van der Waals surface area contributed by atoms with Gasteiger partial charge in [-0.15, -0.1) is 0 Å². The van der Waals surface area contributed by atoms with Gasteiger partial charge in [0.1, 0.15) is 11.6 Å². The molecular formula is C17H12FNO2. The third-order valence-electron chi connectivity index (χ3n) is 3.27. The van der Waals surface area contributed by atoms with Crippen molar-refractivity contribution in [2.75, 3.05) is 5.32 Å². The van der Waals surface area contributed by atoms with E-state index >= 15 is 0 Å². The number of para-hydroxylation sites is 2. The number of carbonyl (C=O) groups is 1. The number of phenols is 1. The molecule has 0 aromatic heterocycles. The summed E-state index contributed by atoms with van der Waals surface area (Å²) in [7, 11) is 0. The Bertz CT molecular complexity index is 830. The maximum Gasteiger partial charge on any atom is 0.256 e. The second-order valence-corrected chi connectivity index (χ2v) is 4.61. The third kappa shape index (κ3) is 2.43. The molecule has 3 nitrogen and oxygen atoms in total. The van der Waals surface area contributed by atoms with Crippen molar-refractivity contribution in [3.63, 3.8) is 0 Å². The van der Waals surface area contributed by atoms with Gasteiger partial charge in [-0.1, -0.05) is 36.4 Å². The Hall–Kier alpha value is -2.88. The molecular weight excluding hydrogens is 269 g/mol. The summed E-state index contributed by atoms with van der Waals surface area (Å²) in [5, 5.41) is 13.2. The number of rotatable bonds is 2. The standard InChI is InChI=1S/C17H12FNO2/c18-14-10-9-13(11-5-1-2-6-12(11)14)17(21)19-15-7-3-4-8-16(15)20/h1-10,20H,(H,19,21). The van der Waals surface area contributed by atoms with Gasteiger partial charge in [0.2, 0.25) is 0 Å². The molecule has 0 fully saturated rings. The number of aromatic hydroxyl groups is 1. The van der Waals surface area contributed by atoms with Gasteiger partial charge in [0.05, 0.1) is 5.69 Å². The number of nitrogens with one attached hydrogen (secondary N) is 1. The largest absolute Gasteiger partial charge is 0.506 e. The molecule has 3 aromatic rings. The van der Waals surface area contributed by atoms with E-state index in [2.05, 4.69) is 5.32 Å². The fourth-order valence-electron chi connectivity index (χ4n) is 2.23. The van der Waals surface area contributed by atoms with Gasteiger partial charge in [-0.05, 0) is 29.7 Å². The zero-order chi connectivity index (χ0) is 14.8. The van der Waals surface area contributed by atoms with Crippen LogP contribution in [-0.2, 0) is 0 Å². The molecule has 0 unspecified atom stereocenters. The van der Waals surface area contributed by atoms with Gasteiger partial charge in [0.15, 0.2) is 0 Å². The van der Waals surface area contributed by atoms with Crippen LogP contribution in [0.2, 0.25) is 0 Å². The summed E-state index contributed by atoms with van der Waals surface area (Å²) in [6.07, 6.45) is 0. The molecule has 0 saturated heterocycles. The van der Waals surface area contributed by atoms with E-state index in [1.54, 1.807) is 42.5 Å². The molecule has 1 amide bonds. The van der Waals surface area contributed by atoms with Crippen molar-refractivity contribution in [2.45, 2.75) is 0 Å². The summed E-state index contributed by atoms with van der Waals surface area (Å²) in [5.74, 6) is -0.783. The van der Waals surface area contributed by atoms with Crippen molar-refractivity contribution >= 4 is 22.4 Å². The quantitative estimate of drug-likeness (QED) is 0.699. The number of hydrogen-bond acceptors (Lipinski definition) is 2. The summed E-state index contributed by atoms with van der Waals surface area (Å²) in [6.45, 7) is 0. The first kappa shape index (κ1) is 13.1. The number of phenolic OH excluding ortho intramolecular Hbond substituents is 1. The fraction of sp³-hybridized carbons (Fsp3) is 0. The number of hydrogen-bond donors (Lipinski definition) is 2. The second-order valence-electron chi connectivity index (χ2n) is 4.61. The summed E-state index contributed by atoms with van der Waals surface area (Å²) >= 11 is 0. The molecule has 2 N–H and O–H groups in total. The van der Waals surface area contributed by atoms with Crippen molar-refractivity contribution in [3.05, 3.63) is 72.0 Å². The van der Waals surface area contributed by atoms with Gasteiger partial charge in [0.25, 0.3) is 5.91 Å². The van der Waals surface area contributed by atoms with Crippen molar-refractivity contribution in [3.8, 4) is 5.75 Å². The van der Waals surface area contributed by atoms with Gasteiger partial charge in [-0.2, -0.15) is 0 Å². The highest BCUT2D eigenvalue weighted by Crippen LogP contribution is 2.25. The Kier molecular flexibility index (Phi) is 3.28. The van der Waals surface area contributed by atoms with Gasteiger partial charge < -0.3 is 10.4 Å². The van der Waals surface area contributed by atoms with Crippen LogP contribution in [0.4, 0.5) is 10.1 Å². The molecule has 0 aliphatic rings. The molecule has 0 aliphatic heterocycles. The van der Waals surface area contributed by atoms with Crippen LogP contribution in [-0.4, -0.2) is 11.0 Å². The number of anilines is 1. The lowest BCUT2D eigenvalue weighted by Gasteiger charge is -2.09. The lowest BCUT2D eigenvalue weighted by atomic mass is 10.0.